The number of hydrogen-bond acceptors (Lipinski definition) is 6. The van der Waals surface area contributed by atoms with Crippen molar-refractivity contribution in [3.63, 3.8) is 0 Å². The molecule has 41 heavy (non-hydrogen) atoms. The van der Waals surface area contributed by atoms with E-state index in [0.717, 1.165) is 12.1 Å². The molecule has 0 saturated heterocycles. The summed E-state index contributed by atoms with van der Waals surface area (Å²) in [5.41, 5.74) is 0.870. The van der Waals surface area contributed by atoms with Crippen LogP contribution in [-0.2, 0) is 23.9 Å². The number of amides is 1. The Hall–Kier alpha value is -2.84. The van der Waals surface area contributed by atoms with E-state index in [1.165, 1.54) is 28.9 Å². The summed E-state index contributed by atoms with van der Waals surface area (Å²) in [5.74, 6) is -2.52. The number of pyridine rings is 1. The first kappa shape index (κ1) is 34.4. The zero-order chi connectivity index (χ0) is 29.6. The number of nitrogens with zero attached hydrogens (tertiary/aromatic N) is 3. The zero-order valence-corrected chi connectivity index (χ0v) is 24.8. The van der Waals surface area contributed by atoms with E-state index in [1.54, 1.807) is 0 Å². The number of carboxylic acids is 1. The van der Waals surface area contributed by atoms with Crippen molar-refractivity contribution < 1.29 is 73.5 Å². The number of aromatic nitrogens is 3. The van der Waals surface area contributed by atoms with E-state index < -0.39 is 48.1 Å². The van der Waals surface area contributed by atoms with Crippen LogP contribution in [-0.4, -0.2) is 54.2 Å². The summed E-state index contributed by atoms with van der Waals surface area (Å²) in [6.45, 7) is 3.50. The quantitative estimate of drug-likeness (QED) is 0.183. The molecule has 0 radical (unpaired) electrons. The van der Waals surface area contributed by atoms with E-state index in [9.17, 15) is 37.4 Å². The van der Waals surface area contributed by atoms with Gasteiger partial charge in [-0.2, -0.15) is 18.3 Å². The van der Waals surface area contributed by atoms with Crippen molar-refractivity contribution in [2.75, 3.05) is 0 Å². The largest absolute Gasteiger partial charge is 1.00 e. The van der Waals surface area contributed by atoms with Gasteiger partial charge in [0.1, 0.15) is 5.82 Å². The van der Waals surface area contributed by atoms with Gasteiger partial charge >= 0.3 is 41.7 Å². The van der Waals surface area contributed by atoms with Crippen LogP contribution in [0.3, 0.4) is 0 Å². The van der Waals surface area contributed by atoms with Crippen LogP contribution in [0.15, 0.2) is 42.6 Å². The SMILES string of the molecule is CC(C)c1c(C(=O)NCc2ccc(C(F)(F)F)cn2)nn(-c2ccc(F)cc2)c1CC[C@@H](O)C[C@@H](O)CC(=O)O.[H-].[Na+]. The summed E-state index contributed by atoms with van der Waals surface area (Å²) in [4.78, 5) is 27.8. The normalized spacial score (nSPS) is 13.0. The Morgan fingerprint density at radius 1 is 1.07 bits per heavy atom. The average Bonchev–Trinajstić information content (AvgIpc) is 3.25. The van der Waals surface area contributed by atoms with Crippen molar-refractivity contribution in [1.29, 1.82) is 0 Å². The Morgan fingerprint density at radius 3 is 2.27 bits per heavy atom. The minimum atomic E-state index is -4.54. The first-order valence-electron chi connectivity index (χ1n) is 12.5. The van der Waals surface area contributed by atoms with Gasteiger partial charge in [0.15, 0.2) is 5.69 Å². The number of carboxylic acid groups (broad SMARTS) is 1. The maximum absolute atomic E-state index is 13.6. The number of aliphatic hydroxyl groups is 2. The van der Waals surface area contributed by atoms with Crippen LogP contribution in [0, 0.1) is 5.82 Å². The number of alkyl halides is 3. The second-order valence-electron chi connectivity index (χ2n) is 9.65. The molecular formula is C27H31F4N4NaO5. The van der Waals surface area contributed by atoms with Crippen molar-refractivity contribution in [3.05, 3.63) is 76.6 Å². The van der Waals surface area contributed by atoms with E-state index in [1.807, 2.05) is 13.8 Å². The molecule has 0 aliphatic heterocycles. The van der Waals surface area contributed by atoms with Crippen molar-refractivity contribution >= 4 is 11.9 Å². The zero-order valence-electron chi connectivity index (χ0n) is 23.8. The topological polar surface area (TPSA) is 138 Å². The summed E-state index contributed by atoms with van der Waals surface area (Å²) in [6, 6.07) is 7.42. The number of carbonyl (C=O) groups is 2. The Kier molecular flexibility index (Phi) is 12.5. The van der Waals surface area contributed by atoms with E-state index in [4.69, 9.17) is 5.11 Å². The number of hydrogen-bond donors (Lipinski definition) is 4. The Morgan fingerprint density at radius 2 is 1.73 bits per heavy atom. The Labute approximate surface area is 257 Å². The molecule has 14 heteroatoms. The van der Waals surface area contributed by atoms with Crippen LogP contribution in [0.25, 0.3) is 5.69 Å². The molecule has 1 amide bonds. The van der Waals surface area contributed by atoms with Crippen LogP contribution in [0.4, 0.5) is 17.6 Å². The molecule has 2 atom stereocenters. The standard InChI is InChI=1S/C27H30F4N4O5.Na.H/c1-15(2)24-22(10-9-20(36)11-21(37)12-23(38)39)35(19-7-4-17(28)5-8-19)34-25(24)26(40)33-14-18-6-3-16(13-32-18)27(29,30)31;;/h3-8,13,15,20-21,36-37H,9-12,14H2,1-2H3,(H,33,40)(H,38,39);;/q;+1;-1/t20-,21-;;/m1../s1. The molecule has 218 valence electrons. The third-order valence-electron chi connectivity index (χ3n) is 6.14. The van der Waals surface area contributed by atoms with Gasteiger partial charge in [-0.05, 0) is 61.6 Å². The predicted molar refractivity (Wildman–Crippen MR) is 136 cm³/mol. The van der Waals surface area contributed by atoms with Crippen LogP contribution in [0.2, 0.25) is 0 Å². The fourth-order valence-corrected chi connectivity index (χ4v) is 4.25. The molecule has 2 heterocycles. The van der Waals surface area contributed by atoms with Crippen molar-refractivity contribution in [1.82, 2.24) is 20.1 Å². The monoisotopic (exact) mass is 590 g/mol. The Bertz CT molecular complexity index is 1320. The predicted octanol–water partition coefficient (Wildman–Crippen LogP) is 1.11. The van der Waals surface area contributed by atoms with Crippen molar-refractivity contribution in [2.45, 2.75) is 70.4 Å². The summed E-state index contributed by atoms with van der Waals surface area (Å²) < 4.78 is 53.5. The van der Waals surface area contributed by atoms with Gasteiger partial charge in [-0.3, -0.25) is 14.6 Å². The number of nitrogens with one attached hydrogen (secondary N) is 1. The van der Waals surface area contributed by atoms with Crippen molar-refractivity contribution in [2.24, 2.45) is 0 Å². The molecule has 1 aromatic carbocycles. The third kappa shape index (κ3) is 9.60. The summed E-state index contributed by atoms with van der Waals surface area (Å²) in [7, 11) is 0. The molecule has 3 aromatic rings. The molecule has 3 rings (SSSR count). The Balaban J connectivity index is 0.00000441. The second-order valence-corrected chi connectivity index (χ2v) is 9.65. The fraction of sp³-hybridized carbons (Fsp3) is 0.407. The molecular weight excluding hydrogens is 559 g/mol. The molecule has 0 saturated carbocycles. The number of rotatable bonds is 12. The number of carbonyl (C=O) groups excluding carboxylic acids is 1. The van der Waals surface area contributed by atoms with E-state index in [-0.39, 0.29) is 74.1 Å². The maximum Gasteiger partial charge on any atom is 1.00 e. The van der Waals surface area contributed by atoms with Gasteiger partial charge in [-0.1, -0.05) is 13.8 Å². The third-order valence-corrected chi connectivity index (χ3v) is 6.14. The number of aliphatic carboxylic acids is 1. The van der Waals surface area contributed by atoms with Gasteiger partial charge in [0.05, 0.1) is 42.1 Å². The van der Waals surface area contributed by atoms with Crippen LogP contribution < -0.4 is 34.9 Å². The fourth-order valence-electron chi connectivity index (χ4n) is 4.25. The molecule has 0 bridgehead atoms. The first-order valence-corrected chi connectivity index (χ1v) is 12.5. The van der Waals surface area contributed by atoms with Gasteiger partial charge in [-0.25, -0.2) is 9.07 Å². The average molecular weight is 591 g/mol. The summed E-state index contributed by atoms with van der Waals surface area (Å²) in [5, 5.41) is 36.2. The smallest absolute Gasteiger partial charge is 1.00 e. The molecule has 0 unspecified atom stereocenters. The van der Waals surface area contributed by atoms with Gasteiger partial charge in [-0.15, -0.1) is 0 Å². The van der Waals surface area contributed by atoms with Gasteiger partial charge in [0, 0.05) is 17.5 Å². The van der Waals surface area contributed by atoms with Gasteiger partial charge in [0.25, 0.3) is 5.91 Å². The molecule has 0 fully saturated rings. The second kappa shape index (κ2) is 14.9. The molecule has 2 aromatic heterocycles. The molecule has 0 aliphatic carbocycles. The van der Waals surface area contributed by atoms with Crippen LogP contribution in [0.1, 0.15) is 73.5 Å². The molecule has 4 N–H and O–H groups in total. The molecule has 0 aliphatic rings. The maximum atomic E-state index is 13.6. The van der Waals surface area contributed by atoms with Gasteiger partial charge < -0.3 is 22.1 Å². The summed E-state index contributed by atoms with van der Waals surface area (Å²) in [6.07, 6.45) is -6.52. The van der Waals surface area contributed by atoms with E-state index >= 15 is 0 Å². The van der Waals surface area contributed by atoms with Crippen LogP contribution >= 0.6 is 0 Å². The summed E-state index contributed by atoms with van der Waals surface area (Å²) >= 11 is 0. The molecule has 0 spiro atoms. The minimum Gasteiger partial charge on any atom is -1.00 e. The minimum absolute atomic E-state index is 0. The first-order chi connectivity index (χ1) is 18.8. The number of benzene rings is 1. The van der Waals surface area contributed by atoms with E-state index in [0.29, 0.717) is 23.1 Å². The van der Waals surface area contributed by atoms with Crippen molar-refractivity contribution in [3.8, 4) is 5.69 Å². The van der Waals surface area contributed by atoms with Gasteiger partial charge in [0.2, 0.25) is 0 Å². The molecule has 9 nitrogen and oxygen atoms in total. The van der Waals surface area contributed by atoms with Crippen LogP contribution in [0.5, 0.6) is 0 Å². The number of halogens is 4. The number of aliphatic hydroxyl groups excluding tert-OH is 2. The van der Waals surface area contributed by atoms with E-state index in [2.05, 4.69) is 15.4 Å².